The quantitative estimate of drug-likeness (QED) is 0.433. The Bertz CT molecular complexity index is 854. The molecule has 0 atom stereocenters. The molecule has 0 bridgehead atoms. The van der Waals surface area contributed by atoms with Gasteiger partial charge in [-0.25, -0.2) is 0 Å². The first-order valence-electron chi connectivity index (χ1n) is 6.89. The number of nitrogens with two attached hydrogens (primary N) is 1. The number of nitrogens with zero attached hydrogens (tertiary/aromatic N) is 5. The molecule has 1 aromatic carbocycles. The van der Waals surface area contributed by atoms with Gasteiger partial charge in [-0.15, -0.1) is 0 Å². The number of anilines is 1. The maximum Gasteiger partial charge on any atom is 0.306 e. The zero-order valence-electron chi connectivity index (χ0n) is 12.3. The van der Waals surface area contributed by atoms with Gasteiger partial charge in [0.25, 0.3) is 0 Å². The van der Waals surface area contributed by atoms with Gasteiger partial charge in [-0.3, -0.25) is 14.8 Å². The van der Waals surface area contributed by atoms with E-state index in [0.29, 0.717) is 30.4 Å². The summed E-state index contributed by atoms with van der Waals surface area (Å²) in [6.45, 7) is 2.30. The summed E-state index contributed by atoms with van der Waals surface area (Å²) in [5.41, 5.74) is 8.19. The van der Waals surface area contributed by atoms with Crippen molar-refractivity contribution in [3.05, 3.63) is 52.2 Å². The Hall–Kier alpha value is -3.23. The average Bonchev–Trinajstić information content (AvgIpc) is 3.17. The number of rotatable bonds is 5. The summed E-state index contributed by atoms with van der Waals surface area (Å²) in [6.07, 6.45) is 2.99. The molecule has 0 radical (unpaired) electrons. The summed E-state index contributed by atoms with van der Waals surface area (Å²) in [4.78, 5) is 14.5. The molecule has 0 fully saturated rings. The van der Waals surface area contributed by atoms with Crippen LogP contribution in [0.25, 0.3) is 11.4 Å². The molecule has 9 heteroatoms. The van der Waals surface area contributed by atoms with Crippen LogP contribution in [0.2, 0.25) is 0 Å². The first-order valence-corrected chi connectivity index (χ1v) is 6.89. The maximum absolute atomic E-state index is 10.6. The summed E-state index contributed by atoms with van der Waals surface area (Å²) in [5.74, 6) is 0.899. The van der Waals surface area contributed by atoms with E-state index in [9.17, 15) is 10.1 Å². The number of aromatic nitrogens is 4. The first kappa shape index (κ1) is 14.7. The Kier molecular flexibility index (Phi) is 3.75. The van der Waals surface area contributed by atoms with Gasteiger partial charge in [0.2, 0.25) is 11.7 Å². The van der Waals surface area contributed by atoms with Crippen LogP contribution in [0.3, 0.4) is 0 Å². The summed E-state index contributed by atoms with van der Waals surface area (Å²) in [7, 11) is 0. The number of benzene rings is 1. The van der Waals surface area contributed by atoms with E-state index in [4.69, 9.17) is 10.3 Å². The zero-order valence-corrected chi connectivity index (χ0v) is 12.3. The predicted molar refractivity (Wildman–Crippen MR) is 81.5 cm³/mol. The minimum absolute atomic E-state index is 0.0494. The van der Waals surface area contributed by atoms with Gasteiger partial charge < -0.3 is 10.3 Å². The first-order chi connectivity index (χ1) is 11.0. The van der Waals surface area contributed by atoms with Gasteiger partial charge in [0.1, 0.15) is 12.4 Å². The fraction of sp³-hybridized carbons (Fsp3) is 0.214. The number of hydrogen-bond donors (Lipinski definition) is 1. The third-order valence-corrected chi connectivity index (χ3v) is 3.47. The Balaban J connectivity index is 1.72. The minimum atomic E-state index is -0.489. The van der Waals surface area contributed by atoms with Crippen molar-refractivity contribution in [2.75, 3.05) is 5.73 Å². The molecule has 9 nitrogen and oxygen atoms in total. The molecule has 0 saturated carbocycles. The summed E-state index contributed by atoms with van der Waals surface area (Å²) in [5, 5.41) is 18.5. The summed E-state index contributed by atoms with van der Waals surface area (Å²) < 4.78 is 6.68. The molecule has 118 valence electrons. The molecule has 0 spiro atoms. The zero-order chi connectivity index (χ0) is 16.4. The van der Waals surface area contributed by atoms with Crippen molar-refractivity contribution in [1.82, 2.24) is 19.9 Å². The highest BCUT2D eigenvalue weighted by molar-refractivity contribution is 5.67. The van der Waals surface area contributed by atoms with Gasteiger partial charge in [-0.1, -0.05) is 17.3 Å². The molecule has 0 saturated heterocycles. The van der Waals surface area contributed by atoms with Gasteiger partial charge in [0, 0.05) is 24.2 Å². The molecule has 0 unspecified atom stereocenters. The van der Waals surface area contributed by atoms with Crippen LogP contribution in [0.4, 0.5) is 11.4 Å². The highest BCUT2D eigenvalue weighted by atomic mass is 16.6. The van der Waals surface area contributed by atoms with Crippen LogP contribution in [0.15, 0.2) is 35.1 Å². The number of nitro groups is 1. The van der Waals surface area contributed by atoms with E-state index < -0.39 is 4.92 Å². The lowest BCUT2D eigenvalue weighted by Gasteiger charge is -2.03. The van der Waals surface area contributed by atoms with Crippen LogP contribution < -0.4 is 5.73 Å². The number of hydrogen-bond acceptors (Lipinski definition) is 7. The smallest absolute Gasteiger partial charge is 0.306 e. The second-order valence-corrected chi connectivity index (χ2v) is 5.00. The second kappa shape index (κ2) is 5.87. The van der Waals surface area contributed by atoms with Gasteiger partial charge in [0.05, 0.1) is 4.92 Å². The van der Waals surface area contributed by atoms with Crippen LogP contribution in [0, 0.1) is 17.0 Å². The lowest BCUT2D eigenvalue weighted by molar-refractivity contribution is -0.385. The van der Waals surface area contributed by atoms with E-state index in [1.54, 1.807) is 0 Å². The Morgan fingerprint density at radius 2 is 2.26 bits per heavy atom. The molecular formula is C14H14N6O3. The molecular weight excluding hydrogens is 300 g/mol. The molecule has 2 aromatic heterocycles. The maximum atomic E-state index is 10.6. The van der Waals surface area contributed by atoms with Crippen molar-refractivity contribution in [2.24, 2.45) is 0 Å². The highest BCUT2D eigenvalue weighted by Crippen LogP contribution is 2.24. The monoisotopic (exact) mass is 314 g/mol. The number of nitrogen functional groups attached to an aromatic ring is 1. The molecule has 0 amide bonds. The lowest BCUT2D eigenvalue weighted by atomic mass is 10.1. The van der Waals surface area contributed by atoms with Crippen LogP contribution in [-0.4, -0.2) is 24.8 Å². The minimum Gasteiger partial charge on any atom is -0.398 e. The standard InChI is InChI=1S/C14H14N6O3/c1-9-11(3-2-4-12(9)15)14-17-13(23-18-14)5-6-19-8-10(7-16-19)20(21)22/h2-4,7-8H,5-6,15H2,1H3. The molecule has 2 heterocycles. The topological polar surface area (TPSA) is 126 Å². The van der Waals surface area contributed by atoms with Gasteiger partial charge in [0.15, 0.2) is 0 Å². The van der Waals surface area contributed by atoms with Crippen LogP contribution >= 0.6 is 0 Å². The molecule has 0 aliphatic heterocycles. The summed E-state index contributed by atoms with van der Waals surface area (Å²) >= 11 is 0. The Morgan fingerprint density at radius 3 is 3.00 bits per heavy atom. The molecule has 2 N–H and O–H groups in total. The van der Waals surface area contributed by atoms with Gasteiger partial charge in [-0.05, 0) is 18.6 Å². The van der Waals surface area contributed by atoms with Crippen LogP contribution in [0.1, 0.15) is 11.5 Å². The van der Waals surface area contributed by atoms with Crippen molar-refractivity contribution in [1.29, 1.82) is 0 Å². The van der Waals surface area contributed by atoms with Gasteiger partial charge in [-0.2, -0.15) is 10.1 Å². The molecule has 3 aromatic rings. The van der Waals surface area contributed by atoms with E-state index in [1.165, 1.54) is 17.1 Å². The predicted octanol–water partition coefficient (Wildman–Crippen LogP) is 1.97. The highest BCUT2D eigenvalue weighted by Gasteiger charge is 2.13. The van der Waals surface area contributed by atoms with Crippen molar-refractivity contribution >= 4 is 11.4 Å². The van der Waals surface area contributed by atoms with Crippen molar-refractivity contribution in [2.45, 2.75) is 19.9 Å². The fourth-order valence-electron chi connectivity index (χ4n) is 2.14. The van der Waals surface area contributed by atoms with Crippen LogP contribution in [0.5, 0.6) is 0 Å². The number of aryl methyl sites for hydroxylation is 2. The molecule has 0 aliphatic rings. The lowest BCUT2D eigenvalue weighted by Crippen LogP contribution is -2.02. The van der Waals surface area contributed by atoms with E-state index in [-0.39, 0.29) is 5.69 Å². The molecule has 3 rings (SSSR count). The normalized spacial score (nSPS) is 10.8. The Labute approximate surface area is 130 Å². The third-order valence-electron chi connectivity index (χ3n) is 3.47. The van der Waals surface area contributed by atoms with Crippen LogP contribution in [-0.2, 0) is 13.0 Å². The summed E-state index contributed by atoms with van der Waals surface area (Å²) in [6, 6.07) is 5.51. The molecule has 23 heavy (non-hydrogen) atoms. The average molecular weight is 314 g/mol. The van der Waals surface area contributed by atoms with Crippen molar-refractivity contribution in [3.8, 4) is 11.4 Å². The van der Waals surface area contributed by atoms with Crippen molar-refractivity contribution < 1.29 is 9.45 Å². The second-order valence-electron chi connectivity index (χ2n) is 5.00. The molecule has 0 aliphatic carbocycles. The van der Waals surface area contributed by atoms with Gasteiger partial charge >= 0.3 is 5.69 Å². The van der Waals surface area contributed by atoms with E-state index in [2.05, 4.69) is 15.2 Å². The third kappa shape index (κ3) is 3.03. The van der Waals surface area contributed by atoms with E-state index >= 15 is 0 Å². The fourth-order valence-corrected chi connectivity index (χ4v) is 2.14. The van der Waals surface area contributed by atoms with E-state index in [0.717, 1.165) is 11.1 Å². The van der Waals surface area contributed by atoms with Crippen molar-refractivity contribution in [3.63, 3.8) is 0 Å². The SMILES string of the molecule is Cc1c(N)cccc1-c1noc(CCn2cc([N+](=O)[O-])cn2)n1. The van der Waals surface area contributed by atoms with E-state index in [1.807, 2.05) is 25.1 Å². The largest absolute Gasteiger partial charge is 0.398 e. The Morgan fingerprint density at radius 1 is 1.43 bits per heavy atom.